The van der Waals surface area contributed by atoms with E-state index < -0.39 is 0 Å². The number of likely N-dealkylation sites (tertiary alicyclic amines) is 2. The van der Waals surface area contributed by atoms with Crippen LogP contribution in [0.15, 0.2) is 30.6 Å². The number of nitrogens with zero attached hydrogens (tertiary/aromatic N) is 4. The SMILES string of the molecule is c1cc(CN2CCC[C@@H](c3[nH]ncc3CN3CCCC3)C2)c2[nH]ncc2c1. The van der Waals surface area contributed by atoms with E-state index in [9.17, 15) is 0 Å². The molecule has 3 aromatic rings. The third kappa shape index (κ3) is 3.51. The van der Waals surface area contributed by atoms with Crippen LogP contribution in [0.3, 0.4) is 0 Å². The van der Waals surface area contributed by atoms with E-state index in [-0.39, 0.29) is 0 Å². The first kappa shape index (κ1) is 17.0. The van der Waals surface area contributed by atoms with Crippen LogP contribution in [0.4, 0.5) is 0 Å². The largest absolute Gasteiger partial charge is 0.299 e. The average molecular weight is 364 g/mol. The number of aromatic nitrogens is 4. The summed E-state index contributed by atoms with van der Waals surface area (Å²) < 4.78 is 0. The highest BCUT2D eigenvalue weighted by atomic mass is 15.2. The Kier molecular flexibility index (Phi) is 4.67. The van der Waals surface area contributed by atoms with E-state index in [0.29, 0.717) is 5.92 Å². The first-order valence-electron chi connectivity index (χ1n) is 10.2. The lowest BCUT2D eigenvalue weighted by Crippen LogP contribution is -2.34. The Hall–Kier alpha value is -2.18. The standard InChI is InChI=1S/C21H28N6/c1-2-9-26(8-1)15-19-12-23-25-21(19)18-7-4-10-27(14-18)13-17-6-3-5-16-11-22-24-20(16)17/h3,5-6,11-12,18H,1-2,4,7-10,13-15H2,(H,22,24)(H,23,25)/t18-/m1/s1. The molecule has 2 saturated heterocycles. The Morgan fingerprint density at radius 2 is 1.70 bits per heavy atom. The quantitative estimate of drug-likeness (QED) is 0.729. The van der Waals surface area contributed by atoms with Gasteiger partial charge in [0.25, 0.3) is 0 Å². The van der Waals surface area contributed by atoms with Crippen molar-refractivity contribution in [1.29, 1.82) is 0 Å². The molecule has 1 aromatic carbocycles. The fourth-order valence-corrected chi connectivity index (χ4v) is 4.82. The van der Waals surface area contributed by atoms with Crippen LogP contribution in [0, 0.1) is 0 Å². The van der Waals surface area contributed by atoms with Crippen LogP contribution in [0.2, 0.25) is 0 Å². The van der Waals surface area contributed by atoms with Gasteiger partial charge in [-0.2, -0.15) is 10.2 Å². The van der Waals surface area contributed by atoms with Gasteiger partial charge in [0.05, 0.1) is 17.9 Å². The number of hydrogen-bond acceptors (Lipinski definition) is 4. The van der Waals surface area contributed by atoms with Crippen LogP contribution in [0.25, 0.3) is 10.9 Å². The monoisotopic (exact) mass is 364 g/mol. The Bertz CT molecular complexity index is 891. The molecule has 27 heavy (non-hydrogen) atoms. The van der Waals surface area contributed by atoms with Crippen molar-refractivity contribution in [1.82, 2.24) is 30.2 Å². The zero-order valence-corrected chi connectivity index (χ0v) is 15.8. The Morgan fingerprint density at radius 3 is 2.63 bits per heavy atom. The number of para-hydroxylation sites is 1. The van der Waals surface area contributed by atoms with E-state index in [4.69, 9.17) is 0 Å². The van der Waals surface area contributed by atoms with Gasteiger partial charge in [-0.3, -0.25) is 20.0 Å². The summed E-state index contributed by atoms with van der Waals surface area (Å²) in [5.41, 5.74) is 5.29. The first-order chi connectivity index (χ1) is 13.4. The molecule has 6 nitrogen and oxygen atoms in total. The van der Waals surface area contributed by atoms with Crippen molar-refractivity contribution in [2.45, 2.75) is 44.7 Å². The van der Waals surface area contributed by atoms with Gasteiger partial charge < -0.3 is 0 Å². The molecular formula is C21H28N6. The van der Waals surface area contributed by atoms with Gasteiger partial charge in [0.15, 0.2) is 0 Å². The van der Waals surface area contributed by atoms with Crippen LogP contribution in [-0.2, 0) is 13.1 Å². The van der Waals surface area contributed by atoms with E-state index in [0.717, 1.165) is 26.2 Å². The van der Waals surface area contributed by atoms with Crippen molar-refractivity contribution >= 4 is 10.9 Å². The number of H-pyrrole nitrogens is 2. The van der Waals surface area contributed by atoms with Crippen molar-refractivity contribution < 1.29 is 0 Å². The Labute approximate surface area is 159 Å². The molecule has 5 rings (SSSR count). The lowest BCUT2D eigenvalue weighted by Gasteiger charge is -2.33. The molecule has 0 bridgehead atoms. The second-order valence-corrected chi connectivity index (χ2v) is 8.12. The van der Waals surface area contributed by atoms with Gasteiger partial charge in [-0.1, -0.05) is 18.2 Å². The van der Waals surface area contributed by atoms with Crippen molar-refractivity contribution in [3.8, 4) is 0 Å². The molecule has 2 aliphatic heterocycles. The molecular weight excluding hydrogens is 336 g/mol. The van der Waals surface area contributed by atoms with Gasteiger partial charge >= 0.3 is 0 Å². The van der Waals surface area contributed by atoms with Crippen LogP contribution in [-0.4, -0.2) is 56.4 Å². The van der Waals surface area contributed by atoms with Crippen molar-refractivity contribution in [2.24, 2.45) is 0 Å². The summed E-state index contributed by atoms with van der Waals surface area (Å²) in [5.74, 6) is 0.555. The molecule has 0 saturated carbocycles. The smallest absolute Gasteiger partial charge is 0.0695 e. The molecule has 142 valence electrons. The fourth-order valence-electron chi connectivity index (χ4n) is 4.82. The zero-order valence-electron chi connectivity index (χ0n) is 15.8. The minimum absolute atomic E-state index is 0.555. The number of fused-ring (bicyclic) bond motifs is 1. The lowest BCUT2D eigenvalue weighted by molar-refractivity contribution is 0.198. The second kappa shape index (κ2) is 7.44. The van der Waals surface area contributed by atoms with Crippen LogP contribution in [0.1, 0.15) is 48.4 Å². The van der Waals surface area contributed by atoms with Gasteiger partial charge in [0, 0.05) is 42.2 Å². The van der Waals surface area contributed by atoms with Crippen molar-refractivity contribution in [2.75, 3.05) is 26.2 Å². The average Bonchev–Trinajstić information content (AvgIpc) is 3.44. The number of piperidine rings is 1. The number of benzene rings is 1. The summed E-state index contributed by atoms with van der Waals surface area (Å²) in [4.78, 5) is 5.15. The summed E-state index contributed by atoms with van der Waals surface area (Å²) >= 11 is 0. The van der Waals surface area contributed by atoms with E-state index in [1.54, 1.807) is 0 Å². The number of nitrogens with one attached hydrogen (secondary N) is 2. The Morgan fingerprint density at radius 1 is 0.889 bits per heavy atom. The molecule has 2 aromatic heterocycles. The van der Waals surface area contributed by atoms with Gasteiger partial charge in [-0.25, -0.2) is 0 Å². The number of aromatic amines is 2. The van der Waals surface area contributed by atoms with Gasteiger partial charge in [0.1, 0.15) is 0 Å². The third-order valence-corrected chi connectivity index (χ3v) is 6.21. The highest BCUT2D eigenvalue weighted by molar-refractivity contribution is 5.81. The summed E-state index contributed by atoms with van der Waals surface area (Å²) in [6, 6.07) is 6.48. The molecule has 0 aliphatic carbocycles. The topological polar surface area (TPSA) is 63.8 Å². The molecule has 2 fully saturated rings. The third-order valence-electron chi connectivity index (χ3n) is 6.21. The minimum Gasteiger partial charge on any atom is -0.299 e. The first-order valence-corrected chi connectivity index (χ1v) is 10.2. The van der Waals surface area contributed by atoms with Crippen LogP contribution < -0.4 is 0 Å². The molecule has 2 N–H and O–H groups in total. The predicted molar refractivity (Wildman–Crippen MR) is 106 cm³/mol. The van der Waals surface area contributed by atoms with E-state index >= 15 is 0 Å². The van der Waals surface area contributed by atoms with Crippen LogP contribution >= 0.6 is 0 Å². The fraction of sp³-hybridized carbons (Fsp3) is 0.524. The summed E-state index contributed by atoms with van der Waals surface area (Å²) in [5, 5.41) is 16.3. The van der Waals surface area contributed by atoms with Gasteiger partial charge in [0.2, 0.25) is 0 Å². The maximum Gasteiger partial charge on any atom is 0.0695 e. The maximum atomic E-state index is 4.40. The number of rotatable bonds is 5. The molecule has 0 radical (unpaired) electrons. The van der Waals surface area contributed by atoms with Gasteiger partial charge in [-0.15, -0.1) is 0 Å². The highest BCUT2D eigenvalue weighted by Crippen LogP contribution is 2.30. The highest BCUT2D eigenvalue weighted by Gasteiger charge is 2.26. The number of hydrogen-bond donors (Lipinski definition) is 2. The maximum absolute atomic E-state index is 4.40. The van der Waals surface area contributed by atoms with Crippen LogP contribution in [0.5, 0.6) is 0 Å². The predicted octanol–water partition coefficient (Wildman–Crippen LogP) is 3.26. The van der Waals surface area contributed by atoms with Crippen molar-refractivity contribution in [3.05, 3.63) is 47.4 Å². The molecule has 0 spiro atoms. The minimum atomic E-state index is 0.555. The van der Waals surface area contributed by atoms with E-state index in [1.807, 2.05) is 6.20 Å². The zero-order chi connectivity index (χ0) is 18.1. The van der Waals surface area contributed by atoms with Gasteiger partial charge in [-0.05, 0) is 50.9 Å². The van der Waals surface area contributed by atoms with E-state index in [1.165, 1.54) is 66.5 Å². The molecule has 4 heterocycles. The molecule has 6 heteroatoms. The molecule has 0 amide bonds. The molecule has 1 atom stereocenters. The summed E-state index contributed by atoms with van der Waals surface area (Å²) in [7, 11) is 0. The normalized spacial score (nSPS) is 22.0. The molecule has 2 aliphatic rings. The lowest BCUT2D eigenvalue weighted by atomic mass is 9.92. The second-order valence-electron chi connectivity index (χ2n) is 8.12. The summed E-state index contributed by atoms with van der Waals surface area (Å²) in [6.45, 7) is 6.75. The molecule has 0 unspecified atom stereocenters. The van der Waals surface area contributed by atoms with Crippen molar-refractivity contribution in [3.63, 3.8) is 0 Å². The summed E-state index contributed by atoms with van der Waals surface area (Å²) in [6.07, 6.45) is 9.13. The van der Waals surface area contributed by atoms with E-state index in [2.05, 4.69) is 54.6 Å². The Balaban J connectivity index is 1.30.